The summed E-state index contributed by atoms with van der Waals surface area (Å²) in [4.78, 5) is 30.2. The number of piperazine rings is 1. The Labute approximate surface area is 170 Å². The first-order valence-electron chi connectivity index (χ1n) is 10.4. The summed E-state index contributed by atoms with van der Waals surface area (Å²) in [5.74, 6) is 1.36. The molecular weight excluding hydrogens is 372 g/mol. The van der Waals surface area contributed by atoms with Gasteiger partial charge in [0.2, 0.25) is 6.79 Å². The highest BCUT2D eigenvalue weighted by atomic mass is 16.7. The van der Waals surface area contributed by atoms with E-state index in [-0.39, 0.29) is 18.7 Å². The molecule has 1 aliphatic carbocycles. The van der Waals surface area contributed by atoms with Crippen molar-refractivity contribution in [3.63, 3.8) is 0 Å². The number of carbonyl (C=O) groups excluding carboxylic acids is 2. The van der Waals surface area contributed by atoms with E-state index < -0.39 is 16.4 Å². The summed E-state index contributed by atoms with van der Waals surface area (Å²) in [7, 11) is 0. The molecule has 0 radical (unpaired) electrons. The maximum absolute atomic E-state index is 13.5. The average Bonchev–Trinajstić information content (AvgIpc) is 3.29. The molecule has 5 rings (SSSR count). The topological polar surface area (TPSA) is 68.3 Å². The lowest BCUT2D eigenvalue weighted by atomic mass is 9.66. The third-order valence-electron chi connectivity index (χ3n) is 7.93. The van der Waals surface area contributed by atoms with Crippen molar-refractivity contribution in [2.24, 2.45) is 10.8 Å². The lowest BCUT2D eigenvalue weighted by molar-refractivity contribution is -0.175. The summed E-state index contributed by atoms with van der Waals surface area (Å²) < 4.78 is 16.6. The molecule has 3 fully saturated rings. The molecular formula is C22H28N2O5. The molecule has 1 amide bonds. The standard InChI is InChI=1S/C22H28N2O5/c1-20(2)21(3)6-7-22(20,29-19(21)26)18(25)24-10-8-23(9-11-24)13-15-4-5-16-17(12-15)28-14-27-16/h4-5,12H,6-11,13-14H2,1-3H3/t21-,22+/m0/s1. The first-order valence-corrected chi connectivity index (χ1v) is 10.4. The quantitative estimate of drug-likeness (QED) is 0.725. The number of carbonyl (C=O) groups is 2. The molecule has 1 aromatic carbocycles. The van der Waals surface area contributed by atoms with Crippen molar-refractivity contribution >= 4 is 11.9 Å². The van der Waals surface area contributed by atoms with Crippen molar-refractivity contribution in [2.45, 2.75) is 45.8 Å². The Hall–Kier alpha value is -2.28. The average molecular weight is 400 g/mol. The second-order valence-electron chi connectivity index (χ2n) is 9.43. The minimum atomic E-state index is -1.00. The van der Waals surface area contributed by atoms with E-state index in [1.54, 1.807) is 0 Å². The molecule has 156 valence electrons. The smallest absolute Gasteiger partial charge is 0.313 e. The maximum Gasteiger partial charge on any atom is 0.313 e. The van der Waals surface area contributed by atoms with E-state index in [9.17, 15) is 9.59 Å². The first-order chi connectivity index (χ1) is 13.8. The summed E-state index contributed by atoms with van der Waals surface area (Å²) in [5.41, 5.74) is -0.884. The summed E-state index contributed by atoms with van der Waals surface area (Å²) in [5, 5.41) is 0. The maximum atomic E-state index is 13.5. The fourth-order valence-corrected chi connectivity index (χ4v) is 5.38. The van der Waals surface area contributed by atoms with Crippen LogP contribution in [0.3, 0.4) is 0 Å². The zero-order valence-corrected chi connectivity index (χ0v) is 17.3. The number of hydrogen-bond acceptors (Lipinski definition) is 6. The van der Waals surface area contributed by atoms with Crippen molar-refractivity contribution in [3.05, 3.63) is 23.8 Å². The van der Waals surface area contributed by atoms with Gasteiger partial charge in [-0.2, -0.15) is 0 Å². The van der Waals surface area contributed by atoms with Crippen LogP contribution in [0.25, 0.3) is 0 Å². The minimum Gasteiger partial charge on any atom is -0.454 e. The Morgan fingerprint density at radius 1 is 1.03 bits per heavy atom. The highest BCUT2D eigenvalue weighted by molar-refractivity contribution is 5.96. The Balaban J connectivity index is 1.24. The molecule has 2 saturated heterocycles. The van der Waals surface area contributed by atoms with Crippen molar-refractivity contribution in [1.82, 2.24) is 9.80 Å². The van der Waals surface area contributed by atoms with E-state index in [4.69, 9.17) is 14.2 Å². The number of rotatable bonds is 3. The van der Waals surface area contributed by atoms with E-state index in [0.29, 0.717) is 25.9 Å². The van der Waals surface area contributed by atoms with Crippen LogP contribution in [-0.2, 0) is 20.9 Å². The van der Waals surface area contributed by atoms with Crippen LogP contribution in [-0.4, -0.2) is 60.2 Å². The SMILES string of the molecule is CC1(C)[C@@]2(C)CC[C@]1(C(=O)N1CCN(Cc3ccc4c(c3)OCO4)CC1)OC2=O. The predicted molar refractivity (Wildman–Crippen MR) is 104 cm³/mol. The third kappa shape index (κ3) is 2.46. The lowest BCUT2D eigenvalue weighted by Crippen LogP contribution is -2.59. The Kier molecular flexibility index (Phi) is 3.95. The number of benzene rings is 1. The summed E-state index contributed by atoms with van der Waals surface area (Å²) in [6.07, 6.45) is 1.34. The van der Waals surface area contributed by atoms with Gasteiger partial charge in [-0.25, -0.2) is 0 Å². The fraction of sp³-hybridized carbons (Fsp3) is 0.636. The molecule has 2 atom stereocenters. The van der Waals surface area contributed by atoms with E-state index in [1.807, 2.05) is 37.8 Å². The van der Waals surface area contributed by atoms with Crippen LogP contribution in [0.5, 0.6) is 11.5 Å². The van der Waals surface area contributed by atoms with Crippen molar-refractivity contribution in [1.29, 1.82) is 0 Å². The minimum absolute atomic E-state index is 0.0141. The molecule has 7 nitrogen and oxygen atoms in total. The van der Waals surface area contributed by atoms with Crippen molar-refractivity contribution in [3.8, 4) is 11.5 Å². The first kappa shape index (κ1) is 18.7. The number of fused-ring (bicyclic) bond motifs is 3. The molecule has 2 bridgehead atoms. The fourth-order valence-electron chi connectivity index (χ4n) is 5.38. The second kappa shape index (κ2) is 6.11. The van der Waals surface area contributed by atoms with Crippen LogP contribution in [0.2, 0.25) is 0 Å². The molecule has 7 heteroatoms. The molecule has 1 aromatic rings. The molecule has 0 unspecified atom stereocenters. The highest BCUT2D eigenvalue weighted by Crippen LogP contribution is 2.66. The monoisotopic (exact) mass is 400 g/mol. The molecule has 3 heterocycles. The molecule has 3 aliphatic heterocycles. The Morgan fingerprint density at radius 3 is 2.41 bits per heavy atom. The van der Waals surface area contributed by atoms with Gasteiger partial charge in [0.25, 0.3) is 5.91 Å². The van der Waals surface area contributed by atoms with Gasteiger partial charge in [-0.1, -0.05) is 19.9 Å². The molecule has 0 spiro atoms. The highest BCUT2D eigenvalue weighted by Gasteiger charge is 2.76. The van der Waals surface area contributed by atoms with Crippen LogP contribution in [0, 0.1) is 10.8 Å². The largest absolute Gasteiger partial charge is 0.454 e. The Bertz CT molecular complexity index is 876. The number of amides is 1. The number of ether oxygens (including phenoxy) is 3. The van der Waals surface area contributed by atoms with Crippen LogP contribution in [0.4, 0.5) is 0 Å². The van der Waals surface area contributed by atoms with Crippen LogP contribution >= 0.6 is 0 Å². The normalized spacial score (nSPS) is 32.5. The molecule has 29 heavy (non-hydrogen) atoms. The van der Waals surface area contributed by atoms with Gasteiger partial charge >= 0.3 is 5.97 Å². The van der Waals surface area contributed by atoms with Gasteiger partial charge in [0, 0.05) is 38.1 Å². The summed E-state index contributed by atoms with van der Waals surface area (Å²) in [6, 6.07) is 6.03. The van der Waals surface area contributed by atoms with Gasteiger partial charge in [-0.15, -0.1) is 0 Å². The number of hydrogen-bond donors (Lipinski definition) is 0. The zero-order chi connectivity index (χ0) is 20.4. The van der Waals surface area contributed by atoms with E-state index in [0.717, 1.165) is 31.1 Å². The van der Waals surface area contributed by atoms with Gasteiger partial charge in [0.1, 0.15) is 0 Å². The Morgan fingerprint density at radius 2 is 1.76 bits per heavy atom. The summed E-state index contributed by atoms with van der Waals surface area (Å²) >= 11 is 0. The van der Waals surface area contributed by atoms with E-state index in [1.165, 1.54) is 5.56 Å². The van der Waals surface area contributed by atoms with E-state index >= 15 is 0 Å². The van der Waals surface area contributed by atoms with Gasteiger partial charge in [-0.05, 0) is 37.5 Å². The second-order valence-corrected chi connectivity index (χ2v) is 9.43. The predicted octanol–water partition coefficient (Wildman–Crippen LogP) is 2.18. The van der Waals surface area contributed by atoms with Crippen molar-refractivity contribution in [2.75, 3.05) is 33.0 Å². The van der Waals surface area contributed by atoms with Gasteiger partial charge in [0.05, 0.1) is 5.41 Å². The van der Waals surface area contributed by atoms with Gasteiger partial charge in [0.15, 0.2) is 17.1 Å². The molecule has 0 N–H and O–H groups in total. The van der Waals surface area contributed by atoms with Crippen LogP contribution in [0.15, 0.2) is 18.2 Å². The van der Waals surface area contributed by atoms with Gasteiger partial charge in [-0.3, -0.25) is 14.5 Å². The van der Waals surface area contributed by atoms with Gasteiger partial charge < -0.3 is 19.1 Å². The molecule has 0 aromatic heterocycles. The summed E-state index contributed by atoms with van der Waals surface area (Å²) in [6.45, 7) is 9.94. The number of nitrogens with zero attached hydrogens (tertiary/aromatic N) is 2. The molecule has 1 saturated carbocycles. The van der Waals surface area contributed by atoms with E-state index in [2.05, 4.69) is 11.0 Å². The number of esters is 1. The lowest BCUT2D eigenvalue weighted by Gasteiger charge is -2.42. The molecule has 4 aliphatic rings. The van der Waals surface area contributed by atoms with Crippen LogP contribution in [0.1, 0.15) is 39.2 Å². The van der Waals surface area contributed by atoms with Crippen LogP contribution < -0.4 is 9.47 Å². The third-order valence-corrected chi connectivity index (χ3v) is 7.93. The zero-order valence-electron chi connectivity index (χ0n) is 17.3. The van der Waals surface area contributed by atoms with Crippen molar-refractivity contribution < 1.29 is 23.8 Å².